The minimum Gasteiger partial charge on any atom is -0.351 e. The van der Waals surface area contributed by atoms with E-state index in [4.69, 9.17) is 0 Å². The van der Waals surface area contributed by atoms with Crippen LogP contribution in [-0.2, 0) is 11.3 Å². The first-order valence-corrected chi connectivity index (χ1v) is 10.0. The van der Waals surface area contributed by atoms with Crippen molar-refractivity contribution in [1.82, 2.24) is 20.0 Å². The molecule has 24 heavy (non-hydrogen) atoms. The zero-order valence-electron chi connectivity index (χ0n) is 15.4. The number of carbonyl (C=O) groups is 1. The van der Waals surface area contributed by atoms with Gasteiger partial charge in [-0.25, -0.2) is 0 Å². The third-order valence-electron chi connectivity index (χ3n) is 4.00. The van der Waals surface area contributed by atoms with Crippen molar-refractivity contribution in [2.75, 3.05) is 19.6 Å². The second-order valence-electron chi connectivity index (χ2n) is 6.54. The molecule has 0 radical (unpaired) electrons. The Hall–Kier alpha value is -0.880. The van der Waals surface area contributed by atoms with Crippen LogP contribution in [0, 0.1) is 0 Å². The molecule has 1 heterocycles. The lowest BCUT2D eigenvalue weighted by atomic mass is 10.2. The molecule has 1 rings (SSSR count). The van der Waals surface area contributed by atoms with Crippen molar-refractivity contribution in [1.29, 1.82) is 0 Å². The molecule has 1 N–H and O–H groups in total. The molecule has 0 aliphatic carbocycles. The Balaban J connectivity index is 2.37. The average Bonchev–Trinajstić information content (AvgIpc) is 2.92. The maximum absolute atomic E-state index is 12.1. The van der Waals surface area contributed by atoms with Gasteiger partial charge in [-0.1, -0.05) is 39.5 Å². The van der Waals surface area contributed by atoms with Crippen molar-refractivity contribution in [2.45, 2.75) is 71.9 Å². The van der Waals surface area contributed by atoms with Crippen LogP contribution in [0.4, 0.5) is 0 Å². The number of aromatic nitrogens is 2. The van der Waals surface area contributed by atoms with Crippen molar-refractivity contribution in [2.24, 2.45) is 0 Å². The van der Waals surface area contributed by atoms with Gasteiger partial charge >= 0.3 is 0 Å². The minimum atomic E-state index is 0.0140. The van der Waals surface area contributed by atoms with Crippen LogP contribution in [-0.4, -0.2) is 46.3 Å². The van der Waals surface area contributed by atoms with Gasteiger partial charge < -0.3 is 10.2 Å². The minimum absolute atomic E-state index is 0.0140. The predicted molar refractivity (Wildman–Crippen MR) is 103 cm³/mol. The van der Waals surface area contributed by atoms with Gasteiger partial charge in [-0.15, -0.1) is 0 Å². The molecular formula is C18H33BrN4O. The fourth-order valence-electron chi connectivity index (χ4n) is 2.79. The van der Waals surface area contributed by atoms with Crippen LogP contribution in [0.3, 0.4) is 0 Å². The van der Waals surface area contributed by atoms with E-state index in [2.05, 4.69) is 52.0 Å². The smallest absolute Gasteiger partial charge is 0.241 e. The third kappa shape index (κ3) is 9.42. The first kappa shape index (κ1) is 21.2. The lowest BCUT2D eigenvalue weighted by Crippen LogP contribution is -2.43. The Labute approximate surface area is 155 Å². The van der Waals surface area contributed by atoms with E-state index in [-0.39, 0.29) is 18.5 Å². The number of hydrogen-bond acceptors (Lipinski definition) is 3. The van der Waals surface area contributed by atoms with E-state index < -0.39 is 0 Å². The van der Waals surface area contributed by atoms with Crippen molar-refractivity contribution < 1.29 is 4.79 Å². The summed E-state index contributed by atoms with van der Waals surface area (Å²) in [6.45, 7) is 10.00. The van der Waals surface area contributed by atoms with Crippen molar-refractivity contribution in [3.8, 4) is 0 Å². The second-order valence-corrected chi connectivity index (χ2v) is 7.46. The second kappa shape index (κ2) is 12.5. The lowest BCUT2D eigenvalue weighted by Gasteiger charge is -2.26. The highest BCUT2D eigenvalue weighted by molar-refractivity contribution is 9.10. The SMILES string of the molecule is CCCCCN(CCCCC)CC(C)NC(=O)Cn1cc(Br)cn1. The third-order valence-corrected chi connectivity index (χ3v) is 4.41. The Morgan fingerprint density at radius 3 is 2.38 bits per heavy atom. The van der Waals surface area contributed by atoms with Crippen LogP contribution in [0.1, 0.15) is 59.3 Å². The zero-order chi connectivity index (χ0) is 17.8. The van der Waals surface area contributed by atoms with Crippen LogP contribution < -0.4 is 5.32 Å². The maximum atomic E-state index is 12.1. The van der Waals surface area contributed by atoms with E-state index in [1.807, 2.05) is 6.20 Å². The van der Waals surface area contributed by atoms with E-state index in [0.717, 1.165) is 24.1 Å². The molecule has 1 aromatic heterocycles. The van der Waals surface area contributed by atoms with Crippen molar-refractivity contribution >= 4 is 21.8 Å². The summed E-state index contributed by atoms with van der Waals surface area (Å²) in [6, 6.07) is 0.153. The van der Waals surface area contributed by atoms with Crippen LogP contribution in [0.2, 0.25) is 0 Å². The van der Waals surface area contributed by atoms with Gasteiger partial charge in [0, 0.05) is 18.8 Å². The van der Waals surface area contributed by atoms with Gasteiger partial charge in [-0.2, -0.15) is 5.10 Å². The molecule has 0 aromatic carbocycles. The fraction of sp³-hybridized carbons (Fsp3) is 0.778. The summed E-state index contributed by atoms with van der Waals surface area (Å²) in [5.41, 5.74) is 0. The summed E-state index contributed by atoms with van der Waals surface area (Å²) in [5.74, 6) is 0.0140. The molecule has 0 aliphatic rings. The van der Waals surface area contributed by atoms with Crippen LogP contribution in [0.5, 0.6) is 0 Å². The molecule has 1 atom stereocenters. The van der Waals surface area contributed by atoms with Crippen LogP contribution in [0.25, 0.3) is 0 Å². The van der Waals surface area contributed by atoms with Crippen molar-refractivity contribution in [3.63, 3.8) is 0 Å². The number of nitrogens with one attached hydrogen (secondary N) is 1. The molecule has 0 saturated carbocycles. The molecule has 0 aliphatic heterocycles. The summed E-state index contributed by atoms with van der Waals surface area (Å²) in [7, 11) is 0. The number of amides is 1. The first-order valence-electron chi connectivity index (χ1n) is 9.24. The summed E-state index contributed by atoms with van der Waals surface area (Å²) in [5, 5.41) is 7.21. The van der Waals surface area contributed by atoms with Gasteiger partial charge in [-0.3, -0.25) is 9.48 Å². The molecule has 1 unspecified atom stereocenters. The molecule has 6 heteroatoms. The van der Waals surface area contributed by atoms with Crippen LogP contribution in [0.15, 0.2) is 16.9 Å². The number of unbranched alkanes of at least 4 members (excludes halogenated alkanes) is 4. The molecular weight excluding hydrogens is 368 g/mol. The van der Waals surface area contributed by atoms with E-state index in [1.54, 1.807) is 10.9 Å². The van der Waals surface area contributed by atoms with Crippen LogP contribution >= 0.6 is 15.9 Å². The lowest BCUT2D eigenvalue weighted by molar-refractivity contribution is -0.122. The highest BCUT2D eigenvalue weighted by Crippen LogP contribution is 2.06. The Kier molecular flexibility index (Phi) is 11.0. The Bertz CT molecular complexity index is 454. The standard InChI is InChI=1S/C18H33BrN4O/c1-4-6-8-10-22(11-9-7-5-2)13-16(3)21-18(24)15-23-14-17(19)12-20-23/h12,14,16H,4-11,13,15H2,1-3H3,(H,21,24). The largest absolute Gasteiger partial charge is 0.351 e. The Morgan fingerprint density at radius 1 is 1.25 bits per heavy atom. The average molecular weight is 401 g/mol. The molecule has 1 aromatic rings. The normalized spacial score (nSPS) is 12.5. The number of halogens is 1. The quantitative estimate of drug-likeness (QED) is 0.511. The zero-order valence-corrected chi connectivity index (χ0v) is 17.0. The number of rotatable bonds is 13. The van der Waals surface area contributed by atoms with Gasteiger partial charge in [0.2, 0.25) is 5.91 Å². The molecule has 138 valence electrons. The predicted octanol–water partition coefficient (Wildman–Crippen LogP) is 3.83. The molecule has 1 amide bonds. The van der Waals surface area contributed by atoms with E-state index >= 15 is 0 Å². The summed E-state index contributed by atoms with van der Waals surface area (Å²) < 4.78 is 2.54. The molecule has 5 nitrogen and oxygen atoms in total. The van der Waals surface area contributed by atoms with Gasteiger partial charge in [0.05, 0.1) is 10.7 Å². The van der Waals surface area contributed by atoms with E-state index in [9.17, 15) is 4.79 Å². The molecule has 0 bridgehead atoms. The highest BCUT2D eigenvalue weighted by atomic mass is 79.9. The summed E-state index contributed by atoms with van der Waals surface area (Å²) >= 11 is 3.34. The number of hydrogen-bond donors (Lipinski definition) is 1. The number of nitrogens with zero attached hydrogens (tertiary/aromatic N) is 3. The van der Waals surface area contributed by atoms with Crippen molar-refractivity contribution in [3.05, 3.63) is 16.9 Å². The Morgan fingerprint density at radius 2 is 1.88 bits per heavy atom. The summed E-state index contributed by atoms with van der Waals surface area (Å²) in [4.78, 5) is 14.6. The maximum Gasteiger partial charge on any atom is 0.241 e. The molecule has 0 saturated heterocycles. The van der Waals surface area contributed by atoms with Gasteiger partial charge in [0.15, 0.2) is 0 Å². The fourth-order valence-corrected chi connectivity index (χ4v) is 3.12. The highest BCUT2D eigenvalue weighted by Gasteiger charge is 2.13. The van der Waals surface area contributed by atoms with E-state index in [0.29, 0.717) is 0 Å². The van der Waals surface area contributed by atoms with Gasteiger partial charge in [-0.05, 0) is 48.8 Å². The van der Waals surface area contributed by atoms with Gasteiger partial charge in [0.1, 0.15) is 6.54 Å². The first-order chi connectivity index (χ1) is 11.5. The van der Waals surface area contributed by atoms with E-state index in [1.165, 1.54) is 38.5 Å². The topological polar surface area (TPSA) is 50.2 Å². The summed E-state index contributed by atoms with van der Waals surface area (Å²) in [6.07, 6.45) is 11.0. The number of carbonyl (C=O) groups excluding carboxylic acids is 1. The monoisotopic (exact) mass is 400 g/mol. The van der Waals surface area contributed by atoms with Gasteiger partial charge in [0.25, 0.3) is 0 Å². The molecule has 0 spiro atoms. The molecule has 0 fully saturated rings.